The van der Waals surface area contributed by atoms with Gasteiger partial charge in [-0.3, -0.25) is 0 Å². The predicted octanol–water partition coefficient (Wildman–Crippen LogP) is 3.29. The second kappa shape index (κ2) is 8.41. The van der Waals surface area contributed by atoms with E-state index < -0.39 is 0 Å². The largest absolute Gasteiger partial charge is 0.496 e. The van der Waals surface area contributed by atoms with Gasteiger partial charge in [0.2, 0.25) is 0 Å². The van der Waals surface area contributed by atoms with Crippen LogP contribution in [0.5, 0.6) is 5.75 Å². The van der Waals surface area contributed by atoms with Gasteiger partial charge >= 0.3 is 0 Å². The lowest BCUT2D eigenvalue weighted by Crippen LogP contribution is -2.42. The van der Waals surface area contributed by atoms with Crippen LogP contribution in [0.1, 0.15) is 25.8 Å². The molecule has 0 heterocycles. The molecule has 1 rings (SSSR count). The van der Waals surface area contributed by atoms with Crippen molar-refractivity contribution in [3.63, 3.8) is 0 Å². The first-order chi connectivity index (χ1) is 9.15. The Balaban J connectivity index is 2.91. The van der Waals surface area contributed by atoms with Crippen LogP contribution in [0.25, 0.3) is 0 Å². The van der Waals surface area contributed by atoms with E-state index in [4.69, 9.17) is 21.1 Å². The number of halogens is 1. The van der Waals surface area contributed by atoms with Crippen molar-refractivity contribution >= 4 is 11.6 Å². The predicted molar refractivity (Wildman–Crippen MR) is 80.3 cm³/mol. The Bertz CT molecular complexity index is 380. The molecule has 0 aliphatic rings. The fourth-order valence-electron chi connectivity index (χ4n) is 2.36. The highest BCUT2D eigenvalue weighted by molar-refractivity contribution is 6.30. The number of nitrogens with one attached hydrogen (secondary N) is 1. The molecule has 3 nitrogen and oxygen atoms in total. The highest BCUT2D eigenvalue weighted by Gasteiger charge is 2.20. The van der Waals surface area contributed by atoms with Crippen molar-refractivity contribution in [2.75, 3.05) is 20.8 Å². The molecule has 0 spiro atoms. The zero-order valence-corrected chi connectivity index (χ0v) is 13.0. The molecular formula is C15H24ClNO2. The van der Waals surface area contributed by atoms with Gasteiger partial charge in [-0.2, -0.15) is 0 Å². The van der Waals surface area contributed by atoms with E-state index in [-0.39, 0.29) is 12.1 Å². The number of hydrogen-bond donors (Lipinski definition) is 1. The Morgan fingerprint density at radius 3 is 2.53 bits per heavy atom. The standard InChI is InChI=1S/C15H24ClNO2/c1-5-14(18-3)13(17-6-2)10-11-9-12(16)7-8-15(11)19-4/h7-9,13-14,17H,5-6,10H2,1-4H3. The van der Waals surface area contributed by atoms with Gasteiger partial charge in [0.15, 0.2) is 0 Å². The van der Waals surface area contributed by atoms with Crippen molar-refractivity contribution in [1.29, 1.82) is 0 Å². The normalized spacial score (nSPS) is 14.2. The van der Waals surface area contributed by atoms with E-state index in [1.807, 2.05) is 18.2 Å². The van der Waals surface area contributed by atoms with Crippen LogP contribution in [0, 0.1) is 0 Å². The van der Waals surface area contributed by atoms with Gasteiger partial charge in [-0.05, 0) is 43.1 Å². The quantitative estimate of drug-likeness (QED) is 0.795. The Hall–Kier alpha value is -0.770. The Kier molecular flexibility index (Phi) is 7.21. The van der Waals surface area contributed by atoms with Crippen LogP contribution in [-0.2, 0) is 11.2 Å². The fourth-order valence-corrected chi connectivity index (χ4v) is 2.55. The summed E-state index contributed by atoms with van der Waals surface area (Å²) >= 11 is 6.07. The summed E-state index contributed by atoms with van der Waals surface area (Å²) in [5.74, 6) is 0.873. The highest BCUT2D eigenvalue weighted by atomic mass is 35.5. The van der Waals surface area contributed by atoms with Gasteiger partial charge in [-0.1, -0.05) is 25.4 Å². The number of methoxy groups -OCH3 is 2. The van der Waals surface area contributed by atoms with Crippen molar-refractivity contribution in [2.24, 2.45) is 0 Å². The first-order valence-electron chi connectivity index (χ1n) is 6.74. The van der Waals surface area contributed by atoms with Crippen molar-refractivity contribution in [3.05, 3.63) is 28.8 Å². The van der Waals surface area contributed by atoms with E-state index in [1.165, 1.54) is 0 Å². The van der Waals surface area contributed by atoms with Crippen molar-refractivity contribution in [1.82, 2.24) is 5.32 Å². The molecule has 4 heteroatoms. The zero-order chi connectivity index (χ0) is 14.3. The third-order valence-corrected chi connectivity index (χ3v) is 3.54. The topological polar surface area (TPSA) is 30.5 Å². The molecule has 0 aliphatic carbocycles. The average molecular weight is 286 g/mol. The summed E-state index contributed by atoms with van der Waals surface area (Å²) in [7, 11) is 3.44. The summed E-state index contributed by atoms with van der Waals surface area (Å²) < 4.78 is 11.0. The van der Waals surface area contributed by atoms with Crippen LogP contribution < -0.4 is 10.1 Å². The lowest BCUT2D eigenvalue weighted by molar-refractivity contribution is 0.0657. The van der Waals surface area contributed by atoms with E-state index in [0.29, 0.717) is 0 Å². The van der Waals surface area contributed by atoms with Crippen LogP contribution in [0.3, 0.4) is 0 Å². The van der Waals surface area contributed by atoms with Gasteiger partial charge in [0, 0.05) is 18.2 Å². The van der Waals surface area contributed by atoms with Crippen LogP contribution in [0.15, 0.2) is 18.2 Å². The van der Waals surface area contributed by atoms with Gasteiger partial charge in [0.05, 0.1) is 13.2 Å². The van der Waals surface area contributed by atoms with Crippen molar-refractivity contribution in [2.45, 2.75) is 38.8 Å². The Morgan fingerprint density at radius 1 is 1.26 bits per heavy atom. The van der Waals surface area contributed by atoms with E-state index in [9.17, 15) is 0 Å². The monoisotopic (exact) mass is 285 g/mol. The number of ether oxygens (including phenoxy) is 2. The number of rotatable bonds is 8. The molecule has 2 atom stereocenters. The first kappa shape index (κ1) is 16.3. The van der Waals surface area contributed by atoms with Gasteiger partial charge < -0.3 is 14.8 Å². The van der Waals surface area contributed by atoms with E-state index >= 15 is 0 Å². The molecule has 0 saturated heterocycles. The molecule has 0 saturated carbocycles. The molecule has 0 bridgehead atoms. The lowest BCUT2D eigenvalue weighted by Gasteiger charge is -2.26. The van der Waals surface area contributed by atoms with E-state index in [2.05, 4.69) is 19.2 Å². The second-order valence-corrected chi connectivity index (χ2v) is 4.94. The van der Waals surface area contributed by atoms with Crippen LogP contribution in [0.2, 0.25) is 5.02 Å². The molecule has 2 unspecified atom stereocenters. The van der Waals surface area contributed by atoms with Gasteiger partial charge in [-0.25, -0.2) is 0 Å². The molecule has 0 aromatic heterocycles. The first-order valence-corrected chi connectivity index (χ1v) is 7.12. The van der Waals surface area contributed by atoms with Crippen molar-refractivity contribution in [3.8, 4) is 5.75 Å². The van der Waals surface area contributed by atoms with Gasteiger partial charge in [0.1, 0.15) is 5.75 Å². The molecule has 0 amide bonds. The Morgan fingerprint density at radius 2 is 2.00 bits per heavy atom. The number of hydrogen-bond acceptors (Lipinski definition) is 3. The lowest BCUT2D eigenvalue weighted by atomic mass is 9.98. The number of likely N-dealkylation sites (N-methyl/N-ethyl adjacent to an activating group) is 1. The summed E-state index contributed by atoms with van der Waals surface area (Å²) in [6.07, 6.45) is 1.99. The Labute approximate surface area is 121 Å². The molecular weight excluding hydrogens is 262 g/mol. The van der Waals surface area contributed by atoms with Crippen LogP contribution in [0.4, 0.5) is 0 Å². The van der Waals surface area contributed by atoms with E-state index in [0.717, 1.165) is 35.7 Å². The second-order valence-electron chi connectivity index (χ2n) is 4.51. The van der Waals surface area contributed by atoms with Crippen LogP contribution in [-0.4, -0.2) is 32.9 Å². The van der Waals surface area contributed by atoms with Gasteiger partial charge in [-0.15, -0.1) is 0 Å². The minimum Gasteiger partial charge on any atom is -0.496 e. The number of benzene rings is 1. The summed E-state index contributed by atoms with van der Waals surface area (Å²) in [6.45, 7) is 5.14. The average Bonchev–Trinajstić information content (AvgIpc) is 2.40. The maximum absolute atomic E-state index is 6.07. The van der Waals surface area contributed by atoms with E-state index in [1.54, 1.807) is 14.2 Å². The fraction of sp³-hybridized carbons (Fsp3) is 0.600. The molecule has 1 aromatic carbocycles. The zero-order valence-electron chi connectivity index (χ0n) is 12.2. The molecule has 0 fully saturated rings. The third-order valence-electron chi connectivity index (χ3n) is 3.30. The van der Waals surface area contributed by atoms with Crippen molar-refractivity contribution < 1.29 is 9.47 Å². The van der Waals surface area contributed by atoms with Crippen LogP contribution >= 0.6 is 11.6 Å². The highest BCUT2D eigenvalue weighted by Crippen LogP contribution is 2.25. The summed E-state index contributed by atoms with van der Waals surface area (Å²) in [5.41, 5.74) is 1.11. The molecule has 0 aliphatic heterocycles. The summed E-state index contributed by atoms with van der Waals surface area (Å²) in [4.78, 5) is 0. The SMILES string of the molecule is CCNC(Cc1cc(Cl)ccc1OC)C(CC)OC. The molecule has 19 heavy (non-hydrogen) atoms. The minimum absolute atomic E-state index is 0.184. The molecule has 1 aromatic rings. The third kappa shape index (κ3) is 4.68. The maximum Gasteiger partial charge on any atom is 0.122 e. The smallest absolute Gasteiger partial charge is 0.122 e. The summed E-state index contributed by atoms with van der Waals surface area (Å²) in [5, 5.41) is 4.21. The molecule has 1 N–H and O–H groups in total. The summed E-state index contributed by atoms with van der Waals surface area (Å²) in [6, 6.07) is 5.98. The molecule has 0 radical (unpaired) electrons. The minimum atomic E-state index is 0.184. The maximum atomic E-state index is 6.07. The van der Waals surface area contributed by atoms with Gasteiger partial charge in [0.25, 0.3) is 0 Å². The molecule has 108 valence electrons.